The summed E-state index contributed by atoms with van der Waals surface area (Å²) in [5, 5.41) is 0. The summed E-state index contributed by atoms with van der Waals surface area (Å²) >= 11 is 0. The standard InChI is InChI=1S/C16H17F3N2/c1-11-3-2-8-21-14(11)10-20-15(21)9-12-4-6-13(7-5-12)16(17,18)19/h4-7,10-11H,2-3,8-9H2,1H3. The van der Waals surface area contributed by atoms with Gasteiger partial charge in [0.05, 0.1) is 5.56 Å². The van der Waals surface area contributed by atoms with Crippen molar-refractivity contribution in [3.63, 3.8) is 0 Å². The molecule has 1 atom stereocenters. The topological polar surface area (TPSA) is 17.8 Å². The molecule has 0 saturated heterocycles. The number of benzene rings is 1. The lowest BCUT2D eigenvalue weighted by molar-refractivity contribution is -0.137. The highest BCUT2D eigenvalue weighted by molar-refractivity contribution is 5.27. The maximum absolute atomic E-state index is 12.5. The molecule has 2 heterocycles. The van der Waals surface area contributed by atoms with Crippen molar-refractivity contribution in [2.24, 2.45) is 0 Å². The second-order valence-electron chi connectivity index (χ2n) is 5.67. The van der Waals surface area contributed by atoms with Crippen LogP contribution in [0.25, 0.3) is 0 Å². The van der Waals surface area contributed by atoms with Crippen LogP contribution < -0.4 is 0 Å². The zero-order valence-corrected chi connectivity index (χ0v) is 11.8. The highest BCUT2D eigenvalue weighted by atomic mass is 19.4. The van der Waals surface area contributed by atoms with Gasteiger partial charge in [0.25, 0.3) is 0 Å². The molecule has 1 aromatic carbocycles. The van der Waals surface area contributed by atoms with E-state index in [1.54, 1.807) is 0 Å². The molecule has 0 radical (unpaired) electrons. The van der Waals surface area contributed by atoms with Crippen molar-refractivity contribution in [3.05, 3.63) is 53.1 Å². The molecule has 0 N–H and O–H groups in total. The zero-order valence-electron chi connectivity index (χ0n) is 11.8. The van der Waals surface area contributed by atoms with Crippen LogP contribution in [-0.4, -0.2) is 9.55 Å². The molecule has 1 aliphatic rings. The summed E-state index contributed by atoms with van der Waals surface area (Å²) in [5.41, 5.74) is 1.49. The normalized spacial score (nSPS) is 18.6. The molecule has 0 aliphatic carbocycles. The van der Waals surface area contributed by atoms with Crippen molar-refractivity contribution in [1.29, 1.82) is 0 Å². The first-order valence-electron chi connectivity index (χ1n) is 7.15. The molecule has 112 valence electrons. The van der Waals surface area contributed by atoms with E-state index in [0.717, 1.165) is 36.5 Å². The van der Waals surface area contributed by atoms with Crippen LogP contribution in [0.2, 0.25) is 0 Å². The van der Waals surface area contributed by atoms with Crippen molar-refractivity contribution in [2.45, 2.75) is 44.8 Å². The Balaban J connectivity index is 1.81. The summed E-state index contributed by atoms with van der Waals surface area (Å²) < 4.78 is 39.9. The minimum absolute atomic E-state index is 0.507. The van der Waals surface area contributed by atoms with Gasteiger partial charge in [-0.1, -0.05) is 19.1 Å². The number of halogens is 3. The van der Waals surface area contributed by atoms with Crippen LogP contribution in [0.4, 0.5) is 13.2 Å². The van der Waals surface area contributed by atoms with E-state index in [-0.39, 0.29) is 0 Å². The Bertz CT molecular complexity index is 626. The maximum atomic E-state index is 12.5. The summed E-state index contributed by atoms with van der Waals surface area (Å²) in [6, 6.07) is 5.35. The number of aromatic nitrogens is 2. The Morgan fingerprint density at radius 1 is 1.24 bits per heavy atom. The lowest BCUT2D eigenvalue weighted by atomic mass is 9.98. The van der Waals surface area contributed by atoms with Crippen LogP contribution in [0.1, 0.15) is 48.3 Å². The molecule has 0 fully saturated rings. The molecule has 1 aliphatic heterocycles. The Labute approximate surface area is 121 Å². The molecule has 0 spiro atoms. The van der Waals surface area contributed by atoms with Crippen LogP contribution >= 0.6 is 0 Å². The van der Waals surface area contributed by atoms with E-state index in [9.17, 15) is 13.2 Å². The van der Waals surface area contributed by atoms with Crippen LogP contribution in [0.15, 0.2) is 30.5 Å². The molecule has 2 aromatic rings. The lowest BCUT2D eigenvalue weighted by Crippen LogP contribution is -2.15. The van der Waals surface area contributed by atoms with E-state index >= 15 is 0 Å². The summed E-state index contributed by atoms with van der Waals surface area (Å²) in [7, 11) is 0. The van der Waals surface area contributed by atoms with Gasteiger partial charge in [0.1, 0.15) is 5.82 Å². The fourth-order valence-corrected chi connectivity index (χ4v) is 2.92. The minimum atomic E-state index is -4.28. The number of hydrogen-bond acceptors (Lipinski definition) is 1. The molecule has 5 heteroatoms. The van der Waals surface area contributed by atoms with Gasteiger partial charge in [-0.3, -0.25) is 0 Å². The molecule has 0 bridgehead atoms. The van der Waals surface area contributed by atoms with Crippen LogP contribution in [0.5, 0.6) is 0 Å². The molecule has 21 heavy (non-hydrogen) atoms. The molecule has 1 unspecified atom stereocenters. The fraction of sp³-hybridized carbons (Fsp3) is 0.438. The zero-order chi connectivity index (χ0) is 15.0. The number of imidazole rings is 1. The summed E-state index contributed by atoms with van der Waals surface area (Å²) in [6.45, 7) is 3.14. The van der Waals surface area contributed by atoms with E-state index in [0.29, 0.717) is 12.3 Å². The number of fused-ring (bicyclic) bond motifs is 1. The van der Waals surface area contributed by atoms with Gasteiger partial charge in [-0.15, -0.1) is 0 Å². The van der Waals surface area contributed by atoms with Gasteiger partial charge in [0.2, 0.25) is 0 Å². The van der Waals surface area contributed by atoms with Crippen molar-refractivity contribution in [3.8, 4) is 0 Å². The van der Waals surface area contributed by atoms with Gasteiger partial charge in [0, 0.05) is 24.9 Å². The predicted octanol–water partition coefficient (Wildman–Crippen LogP) is 4.39. The molecule has 0 amide bonds. The van der Waals surface area contributed by atoms with Crippen LogP contribution in [0, 0.1) is 0 Å². The highest BCUT2D eigenvalue weighted by Crippen LogP contribution is 2.30. The summed E-state index contributed by atoms with van der Waals surface area (Å²) in [4.78, 5) is 4.46. The first-order chi connectivity index (χ1) is 9.95. The highest BCUT2D eigenvalue weighted by Gasteiger charge is 2.30. The van der Waals surface area contributed by atoms with Crippen molar-refractivity contribution in [2.75, 3.05) is 0 Å². The fourth-order valence-electron chi connectivity index (χ4n) is 2.92. The summed E-state index contributed by atoms with van der Waals surface area (Å²) in [6.07, 6.45) is 0.504. The first-order valence-corrected chi connectivity index (χ1v) is 7.15. The Kier molecular flexibility index (Phi) is 3.51. The van der Waals surface area contributed by atoms with Gasteiger partial charge in [0.15, 0.2) is 0 Å². The largest absolute Gasteiger partial charge is 0.416 e. The minimum Gasteiger partial charge on any atom is -0.332 e. The molecule has 2 nitrogen and oxygen atoms in total. The van der Waals surface area contributed by atoms with E-state index in [1.165, 1.54) is 24.2 Å². The second-order valence-corrected chi connectivity index (χ2v) is 5.67. The lowest BCUT2D eigenvalue weighted by Gasteiger charge is -2.22. The van der Waals surface area contributed by atoms with Gasteiger partial charge < -0.3 is 4.57 Å². The van der Waals surface area contributed by atoms with E-state index < -0.39 is 11.7 Å². The Morgan fingerprint density at radius 3 is 2.62 bits per heavy atom. The quantitative estimate of drug-likeness (QED) is 0.803. The molecule has 1 aromatic heterocycles. The van der Waals surface area contributed by atoms with E-state index in [4.69, 9.17) is 0 Å². The van der Waals surface area contributed by atoms with Crippen molar-refractivity contribution in [1.82, 2.24) is 9.55 Å². The smallest absolute Gasteiger partial charge is 0.332 e. The van der Waals surface area contributed by atoms with Crippen LogP contribution in [-0.2, 0) is 19.1 Å². The van der Waals surface area contributed by atoms with Gasteiger partial charge >= 0.3 is 6.18 Å². The SMILES string of the molecule is CC1CCCn2c1cnc2Cc1ccc(C(F)(F)F)cc1. The third-order valence-corrected chi connectivity index (χ3v) is 4.14. The van der Waals surface area contributed by atoms with E-state index in [2.05, 4.69) is 16.5 Å². The molecule has 0 saturated carbocycles. The van der Waals surface area contributed by atoms with Gasteiger partial charge in [-0.05, 0) is 36.5 Å². The van der Waals surface area contributed by atoms with Crippen molar-refractivity contribution < 1.29 is 13.2 Å². The number of alkyl halides is 3. The molecular formula is C16H17F3N2. The second kappa shape index (κ2) is 5.20. The monoisotopic (exact) mass is 294 g/mol. The van der Waals surface area contributed by atoms with Gasteiger partial charge in [-0.25, -0.2) is 4.98 Å². The Morgan fingerprint density at radius 2 is 1.95 bits per heavy atom. The summed E-state index contributed by atoms with van der Waals surface area (Å²) in [5.74, 6) is 1.45. The number of rotatable bonds is 2. The van der Waals surface area contributed by atoms with Crippen molar-refractivity contribution >= 4 is 0 Å². The average Bonchev–Trinajstić information content (AvgIpc) is 2.83. The van der Waals surface area contributed by atoms with Gasteiger partial charge in [-0.2, -0.15) is 13.2 Å². The average molecular weight is 294 g/mol. The number of hydrogen-bond donors (Lipinski definition) is 0. The third kappa shape index (κ3) is 2.82. The number of nitrogens with zero attached hydrogens (tertiary/aromatic N) is 2. The molecule has 3 rings (SSSR count). The van der Waals surface area contributed by atoms with E-state index in [1.807, 2.05) is 6.20 Å². The predicted molar refractivity (Wildman–Crippen MR) is 74.1 cm³/mol. The third-order valence-electron chi connectivity index (χ3n) is 4.14. The van der Waals surface area contributed by atoms with Crippen LogP contribution in [0.3, 0.4) is 0 Å². The maximum Gasteiger partial charge on any atom is 0.416 e. The molecular weight excluding hydrogens is 277 g/mol. The Hall–Kier alpha value is -1.78. The first kappa shape index (κ1) is 14.2.